The van der Waals surface area contributed by atoms with E-state index >= 15 is 0 Å². The minimum absolute atomic E-state index is 0.143. The average Bonchev–Trinajstić information content (AvgIpc) is 2.66. The molecule has 1 aliphatic rings. The third-order valence-corrected chi connectivity index (χ3v) is 3.57. The van der Waals surface area contributed by atoms with Gasteiger partial charge in [0.15, 0.2) is 0 Å². The van der Waals surface area contributed by atoms with Crippen molar-refractivity contribution in [2.24, 2.45) is 7.05 Å². The maximum absolute atomic E-state index is 6.21. The molecule has 0 amide bonds. The van der Waals surface area contributed by atoms with Crippen molar-refractivity contribution in [2.45, 2.75) is 6.10 Å². The van der Waals surface area contributed by atoms with E-state index in [9.17, 15) is 0 Å². The first-order valence-corrected chi connectivity index (χ1v) is 6.20. The molecule has 2 aromatic rings. The Hall–Kier alpha value is -1.03. The Labute approximate surface area is 105 Å². The zero-order valence-corrected chi connectivity index (χ0v) is 10.5. The highest BCUT2D eigenvalue weighted by Crippen LogP contribution is 2.29. The Bertz CT molecular complexity index is 544. The monoisotopic (exact) mass is 250 g/mol. The van der Waals surface area contributed by atoms with Gasteiger partial charge in [-0.05, 0) is 17.7 Å². The van der Waals surface area contributed by atoms with Gasteiger partial charge in [-0.3, -0.25) is 0 Å². The summed E-state index contributed by atoms with van der Waals surface area (Å²) in [5, 5.41) is 5.24. The molecule has 0 spiro atoms. The SMILES string of the molecule is Cn1cc(Cl)c2cc(C3CNCCO3)ccc21. The first kappa shape index (κ1) is 11.1. The number of ether oxygens (including phenoxy) is 1. The number of nitrogens with one attached hydrogen (secondary N) is 1. The zero-order valence-electron chi connectivity index (χ0n) is 9.74. The van der Waals surface area contributed by atoms with Crippen LogP contribution >= 0.6 is 11.6 Å². The Morgan fingerprint density at radius 3 is 3.12 bits per heavy atom. The molecule has 0 saturated carbocycles. The van der Waals surface area contributed by atoms with Crippen molar-refractivity contribution in [1.82, 2.24) is 9.88 Å². The van der Waals surface area contributed by atoms with Crippen LogP contribution in [0.1, 0.15) is 11.7 Å². The Morgan fingerprint density at radius 2 is 2.35 bits per heavy atom. The highest BCUT2D eigenvalue weighted by atomic mass is 35.5. The van der Waals surface area contributed by atoms with E-state index in [4.69, 9.17) is 16.3 Å². The number of nitrogens with zero attached hydrogens (tertiary/aromatic N) is 1. The summed E-state index contributed by atoms with van der Waals surface area (Å²) < 4.78 is 7.79. The van der Waals surface area contributed by atoms with E-state index in [-0.39, 0.29) is 6.10 Å². The van der Waals surface area contributed by atoms with Gasteiger partial charge in [-0.1, -0.05) is 17.7 Å². The van der Waals surface area contributed by atoms with Crippen LogP contribution in [0, 0.1) is 0 Å². The fraction of sp³-hybridized carbons (Fsp3) is 0.385. The third-order valence-electron chi connectivity index (χ3n) is 3.26. The van der Waals surface area contributed by atoms with Gasteiger partial charge in [0.05, 0.1) is 17.7 Å². The van der Waals surface area contributed by atoms with E-state index in [2.05, 4.69) is 23.5 Å². The van der Waals surface area contributed by atoms with Gasteiger partial charge in [-0.25, -0.2) is 0 Å². The Balaban J connectivity index is 2.03. The normalized spacial score (nSPS) is 20.9. The number of hydrogen-bond acceptors (Lipinski definition) is 2. The lowest BCUT2D eigenvalue weighted by atomic mass is 10.1. The third kappa shape index (κ3) is 1.95. The van der Waals surface area contributed by atoms with E-state index in [0.717, 1.165) is 35.6 Å². The molecule has 1 aromatic heterocycles. The largest absolute Gasteiger partial charge is 0.371 e. The second-order valence-corrected chi connectivity index (χ2v) is 4.84. The molecule has 1 fully saturated rings. The van der Waals surface area contributed by atoms with Crippen LogP contribution in [-0.4, -0.2) is 24.3 Å². The molecule has 3 rings (SSSR count). The standard InChI is InChI=1S/C13H15ClN2O/c1-16-8-11(14)10-6-9(2-3-12(10)16)13-7-15-4-5-17-13/h2-3,6,8,13,15H,4-5,7H2,1H3. The van der Waals surface area contributed by atoms with Gasteiger partial charge < -0.3 is 14.6 Å². The van der Waals surface area contributed by atoms with E-state index in [1.165, 1.54) is 5.56 Å². The number of aromatic nitrogens is 1. The lowest BCUT2D eigenvalue weighted by molar-refractivity contribution is 0.0278. The molecule has 0 radical (unpaired) electrons. The van der Waals surface area contributed by atoms with Crippen molar-refractivity contribution in [3.05, 3.63) is 35.0 Å². The van der Waals surface area contributed by atoms with Crippen LogP contribution in [-0.2, 0) is 11.8 Å². The van der Waals surface area contributed by atoms with Crippen LogP contribution in [0.15, 0.2) is 24.4 Å². The van der Waals surface area contributed by atoms with Crippen molar-refractivity contribution in [1.29, 1.82) is 0 Å². The van der Waals surface area contributed by atoms with Crippen LogP contribution in [0.5, 0.6) is 0 Å². The molecule has 17 heavy (non-hydrogen) atoms. The first-order valence-electron chi connectivity index (χ1n) is 5.82. The van der Waals surface area contributed by atoms with Crippen LogP contribution in [0.4, 0.5) is 0 Å². The molecule has 1 atom stereocenters. The Morgan fingerprint density at radius 1 is 1.47 bits per heavy atom. The molecule has 4 heteroatoms. The number of halogens is 1. The van der Waals surface area contributed by atoms with Gasteiger partial charge in [0.2, 0.25) is 0 Å². The highest BCUT2D eigenvalue weighted by Gasteiger charge is 2.16. The number of aryl methyl sites for hydroxylation is 1. The fourth-order valence-corrected chi connectivity index (χ4v) is 2.64. The predicted octanol–water partition coefficient (Wildman–Crippen LogP) is 2.49. The summed E-state index contributed by atoms with van der Waals surface area (Å²) in [5.41, 5.74) is 2.35. The first-order chi connectivity index (χ1) is 8.25. The lowest BCUT2D eigenvalue weighted by Gasteiger charge is -2.24. The quantitative estimate of drug-likeness (QED) is 0.842. The second-order valence-electron chi connectivity index (χ2n) is 4.43. The molecule has 1 aliphatic heterocycles. The van der Waals surface area contributed by atoms with Crippen LogP contribution in [0.3, 0.4) is 0 Å². The molecule has 1 unspecified atom stereocenters. The summed E-state index contributed by atoms with van der Waals surface area (Å²) in [6, 6.07) is 6.36. The van der Waals surface area contributed by atoms with Crippen LogP contribution in [0.25, 0.3) is 10.9 Å². The van der Waals surface area contributed by atoms with Crippen molar-refractivity contribution in [3.63, 3.8) is 0 Å². The minimum Gasteiger partial charge on any atom is -0.371 e. The summed E-state index contributed by atoms with van der Waals surface area (Å²) in [6.07, 6.45) is 2.08. The minimum atomic E-state index is 0.143. The molecule has 3 nitrogen and oxygen atoms in total. The van der Waals surface area contributed by atoms with E-state index in [1.807, 2.05) is 17.8 Å². The molecule has 1 aromatic carbocycles. The maximum Gasteiger partial charge on any atom is 0.0950 e. The molecule has 1 N–H and O–H groups in total. The summed E-state index contributed by atoms with van der Waals surface area (Å²) in [6.45, 7) is 2.58. The predicted molar refractivity (Wildman–Crippen MR) is 69.5 cm³/mol. The number of morpholine rings is 1. The number of rotatable bonds is 1. The topological polar surface area (TPSA) is 26.2 Å². The molecule has 0 aliphatic carbocycles. The lowest BCUT2D eigenvalue weighted by Crippen LogP contribution is -2.33. The van der Waals surface area contributed by atoms with Crippen LogP contribution < -0.4 is 5.32 Å². The molecule has 0 bridgehead atoms. The number of fused-ring (bicyclic) bond motifs is 1. The smallest absolute Gasteiger partial charge is 0.0950 e. The van der Waals surface area contributed by atoms with Crippen molar-refractivity contribution < 1.29 is 4.74 Å². The Kier molecular flexibility index (Phi) is 2.82. The van der Waals surface area contributed by atoms with E-state index in [0.29, 0.717) is 0 Å². The number of hydrogen-bond donors (Lipinski definition) is 1. The summed E-state index contributed by atoms with van der Waals surface area (Å²) in [7, 11) is 2.01. The van der Waals surface area contributed by atoms with Gasteiger partial charge in [-0.2, -0.15) is 0 Å². The molecular weight excluding hydrogens is 236 g/mol. The molecular formula is C13H15ClN2O. The molecule has 90 valence electrons. The van der Waals surface area contributed by atoms with Crippen molar-refractivity contribution in [2.75, 3.05) is 19.7 Å². The zero-order chi connectivity index (χ0) is 11.8. The van der Waals surface area contributed by atoms with Crippen molar-refractivity contribution in [3.8, 4) is 0 Å². The van der Waals surface area contributed by atoms with Crippen LogP contribution in [0.2, 0.25) is 5.02 Å². The van der Waals surface area contributed by atoms with Gasteiger partial charge in [0, 0.05) is 37.2 Å². The highest BCUT2D eigenvalue weighted by molar-refractivity contribution is 6.35. The summed E-state index contributed by atoms with van der Waals surface area (Å²) in [5.74, 6) is 0. The van der Waals surface area contributed by atoms with Gasteiger partial charge in [0.1, 0.15) is 0 Å². The summed E-state index contributed by atoms with van der Waals surface area (Å²) in [4.78, 5) is 0. The van der Waals surface area contributed by atoms with Gasteiger partial charge in [-0.15, -0.1) is 0 Å². The molecule has 1 saturated heterocycles. The van der Waals surface area contributed by atoms with E-state index in [1.54, 1.807) is 0 Å². The number of benzene rings is 1. The average molecular weight is 251 g/mol. The van der Waals surface area contributed by atoms with Gasteiger partial charge in [0.25, 0.3) is 0 Å². The summed E-state index contributed by atoms with van der Waals surface area (Å²) >= 11 is 6.21. The second kappa shape index (κ2) is 4.33. The van der Waals surface area contributed by atoms with Crippen molar-refractivity contribution >= 4 is 22.5 Å². The van der Waals surface area contributed by atoms with Gasteiger partial charge >= 0.3 is 0 Å². The van der Waals surface area contributed by atoms with E-state index < -0.39 is 0 Å². The molecule has 2 heterocycles. The maximum atomic E-state index is 6.21. The fourth-order valence-electron chi connectivity index (χ4n) is 2.34.